The molecule has 0 bridgehead atoms. The van der Waals surface area contributed by atoms with Crippen molar-refractivity contribution in [3.05, 3.63) is 24.5 Å². The van der Waals surface area contributed by atoms with E-state index in [0.717, 1.165) is 37.1 Å². The Hall–Kier alpha value is -1.62. The zero-order valence-corrected chi connectivity index (χ0v) is 12.3. The van der Waals surface area contributed by atoms with Crippen LogP contribution in [0.1, 0.15) is 26.7 Å². The zero-order valence-electron chi connectivity index (χ0n) is 11.5. The Bertz CT molecular complexity index is 503. The molecule has 2 rings (SSSR count). The molecule has 0 aliphatic heterocycles. The van der Waals surface area contributed by atoms with E-state index in [-0.39, 0.29) is 0 Å². The summed E-state index contributed by atoms with van der Waals surface area (Å²) in [7, 11) is 0. The molecule has 0 radical (unpaired) electrons. The molecule has 2 heterocycles. The van der Waals surface area contributed by atoms with Gasteiger partial charge in [-0.1, -0.05) is 13.8 Å². The van der Waals surface area contributed by atoms with Gasteiger partial charge >= 0.3 is 0 Å². The van der Waals surface area contributed by atoms with Gasteiger partial charge in [-0.15, -0.1) is 0 Å². The summed E-state index contributed by atoms with van der Waals surface area (Å²) in [6, 6.07) is 3.97. The molecular formula is C14H20N4S. The first kappa shape index (κ1) is 13.8. The van der Waals surface area contributed by atoms with E-state index in [1.807, 2.05) is 12.1 Å². The summed E-state index contributed by atoms with van der Waals surface area (Å²) < 4.78 is 4.34. The van der Waals surface area contributed by atoms with Gasteiger partial charge in [0.25, 0.3) is 0 Å². The molecule has 2 N–H and O–H groups in total. The van der Waals surface area contributed by atoms with Gasteiger partial charge in [-0.3, -0.25) is 4.98 Å². The van der Waals surface area contributed by atoms with E-state index >= 15 is 0 Å². The minimum absolute atomic E-state index is 0.614. The minimum atomic E-state index is 0.614. The van der Waals surface area contributed by atoms with Crippen LogP contribution >= 0.6 is 11.5 Å². The second kappa shape index (κ2) is 6.52. The van der Waals surface area contributed by atoms with Crippen LogP contribution in [0, 0.1) is 0 Å². The molecule has 5 heteroatoms. The fraction of sp³-hybridized carbons (Fsp3) is 0.429. The van der Waals surface area contributed by atoms with Gasteiger partial charge in [0, 0.05) is 25.5 Å². The van der Waals surface area contributed by atoms with E-state index < -0.39 is 0 Å². The topological polar surface area (TPSA) is 55.0 Å². The molecule has 0 amide bonds. The average molecular weight is 276 g/mol. The molecule has 19 heavy (non-hydrogen) atoms. The second-order valence-corrected chi connectivity index (χ2v) is 5.22. The lowest BCUT2D eigenvalue weighted by atomic mass is 10.1. The summed E-state index contributed by atoms with van der Waals surface area (Å²) in [4.78, 5) is 6.44. The number of nitrogens with two attached hydrogens (primary N) is 1. The average Bonchev–Trinajstić information content (AvgIpc) is 2.81. The van der Waals surface area contributed by atoms with Crippen molar-refractivity contribution in [3.63, 3.8) is 0 Å². The number of hydrogen-bond acceptors (Lipinski definition) is 5. The third-order valence-corrected chi connectivity index (χ3v) is 3.87. The molecule has 4 nitrogen and oxygen atoms in total. The Morgan fingerprint density at radius 1 is 1.16 bits per heavy atom. The number of hydrogen-bond donors (Lipinski definition) is 1. The Morgan fingerprint density at radius 3 is 2.37 bits per heavy atom. The lowest BCUT2D eigenvalue weighted by Gasteiger charge is -2.23. The highest BCUT2D eigenvalue weighted by Crippen LogP contribution is 2.39. The molecular weight excluding hydrogens is 256 g/mol. The number of rotatable bonds is 6. The predicted molar refractivity (Wildman–Crippen MR) is 82.6 cm³/mol. The van der Waals surface area contributed by atoms with Gasteiger partial charge in [-0.05, 0) is 42.1 Å². The summed E-state index contributed by atoms with van der Waals surface area (Å²) in [5.74, 6) is 0.614. The Morgan fingerprint density at radius 2 is 1.79 bits per heavy atom. The maximum atomic E-state index is 6.06. The van der Waals surface area contributed by atoms with E-state index in [1.54, 1.807) is 12.4 Å². The van der Waals surface area contributed by atoms with Crippen molar-refractivity contribution in [3.8, 4) is 11.1 Å². The summed E-state index contributed by atoms with van der Waals surface area (Å²) in [6.45, 7) is 6.46. The number of pyridine rings is 1. The highest BCUT2D eigenvalue weighted by Gasteiger charge is 2.18. The number of nitrogens with zero attached hydrogens (tertiary/aromatic N) is 3. The maximum Gasteiger partial charge on any atom is 0.147 e. The van der Waals surface area contributed by atoms with Crippen LogP contribution in [0.2, 0.25) is 0 Å². The fourth-order valence-electron chi connectivity index (χ4n) is 2.15. The van der Waals surface area contributed by atoms with Crippen LogP contribution in [0.4, 0.5) is 10.8 Å². The van der Waals surface area contributed by atoms with Crippen molar-refractivity contribution in [2.45, 2.75) is 26.7 Å². The molecule has 2 aromatic heterocycles. The van der Waals surface area contributed by atoms with Gasteiger partial charge in [0.05, 0.1) is 5.56 Å². The molecule has 0 aromatic carbocycles. The van der Waals surface area contributed by atoms with E-state index in [9.17, 15) is 0 Å². The molecule has 0 spiro atoms. The van der Waals surface area contributed by atoms with Crippen LogP contribution in [0.25, 0.3) is 11.1 Å². The van der Waals surface area contributed by atoms with Gasteiger partial charge in [0.1, 0.15) is 10.8 Å². The summed E-state index contributed by atoms with van der Waals surface area (Å²) in [6.07, 6.45) is 5.82. The monoisotopic (exact) mass is 276 g/mol. The standard InChI is InChI=1S/C14H20N4S/c1-3-9-18(10-4-2)14-12(13(15)17-19-14)11-5-7-16-8-6-11/h5-8H,3-4,9-10H2,1-2H3,(H2,15,17). The molecule has 0 saturated heterocycles. The van der Waals surface area contributed by atoms with Crippen molar-refractivity contribution in [1.82, 2.24) is 9.36 Å². The molecule has 0 aliphatic carbocycles. The second-order valence-electron chi connectivity index (χ2n) is 4.47. The normalized spacial score (nSPS) is 10.6. The van der Waals surface area contributed by atoms with E-state index in [0.29, 0.717) is 5.82 Å². The molecule has 0 aliphatic rings. The molecule has 0 fully saturated rings. The highest BCUT2D eigenvalue weighted by molar-refractivity contribution is 7.11. The SMILES string of the molecule is CCCN(CCC)c1snc(N)c1-c1ccncc1. The number of nitrogen functional groups attached to an aromatic ring is 1. The van der Waals surface area contributed by atoms with Crippen molar-refractivity contribution in [1.29, 1.82) is 0 Å². The Labute approximate surface area is 118 Å². The Kier molecular flexibility index (Phi) is 4.74. The van der Waals surface area contributed by atoms with Gasteiger partial charge in [-0.25, -0.2) is 0 Å². The third kappa shape index (κ3) is 3.04. The van der Waals surface area contributed by atoms with E-state index in [1.165, 1.54) is 16.5 Å². The maximum absolute atomic E-state index is 6.06. The van der Waals surface area contributed by atoms with Crippen molar-refractivity contribution < 1.29 is 0 Å². The number of anilines is 2. The van der Waals surface area contributed by atoms with Crippen molar-refractivity contribution in [2.24, 2.45) is 0 Å². The first-order valence-corrected chi connectivity index (χ1v) is 7.45. The molecule has 102 valence electrons. The summed E-state index contributed by atoms with van der Waals surface area (Å²) in [5, 5.41) is 1.17. The van der Waals surface area contributed by atoms with Gasteiger partial charge < -0.3 is 10.6 Å². The van der Waals surface area contributed by atoms with E-state index in [4.69, 9.17) is 5.73 Å². The summed E-state index contributed by atoms with van der Waals surface area (Å²) >= 11 is 1.49. The summed E-state index contributed by atoms with van der Waals surface area (Å²) in [5.41, 5.74) is 8.20. The van der Waals surface area contributed by atoms with E-state index in [2.05, 4.69) is 28.1 Å². The van der Waals surface area contributed by atoms with Crippen molar-refractivity contribution >= 4 is 22.4 Å². The molecule has 0 unspecified atom stereocenters. The lowest BCUT2D eigenvalue weighted by Crippen LogP contribution is -2.24. The fourth-order valence-corrected chi connectivity index (χ4v) is 3.04. The number of aromatic nitrogens is 2. The van der Waals surface area contributed by atoms with Gasteiger partial charge in [0.2, 0.25) is 0 Å². The van der Waals surface area contributed by atoms with Crippen molar-refractivity contribution in [2.75, 3.05) is 23.7 Å². The van der Waals surface area contributed by atoms with Crippen LogP contribution in [0.15, 0.2) is 24.5 Å². The first-order valence-electron chi connectivity index (χ1n) is 6.68. The van der Waals surface area contributed by atoms with Crippen LogP contribution < -0.4 is 10.6 Å². The predicted octanol–water partition coefficient (Wildman–Crippen LogP) is 3.41. The lowest BCUT2D eigenvalue weighted by molar-refractivity contribution is 0.751. The van der Waals surface area contributed by atoms with Crippen LogP contribution in [0.5, 0.6) is 0 Å². The van der Waals surface area contributed by atoms with Crippen LogP contribution in [0.3, 0.4) is 0 Å². The third-order valence-electron chi connectivity index (χ3n) is 2.94. The minimum Gasteiger partial charge on any atom is -0.382 e. The molecule has 0 atom stereocenters. The largest absolute Gasteiger partial charge is 0.382 e. The smallest absolute Gasteiger partial charge is 0.147 e. The zero-order chi connectivity index (χ0) is 13.7. The van der Waals surface area contributed by atoms with Gasteiger partial charge in [-0.2, -0.15) is 4.37 Å². The Balaban J connectivity index is 2.41. The van der Waals surface area contributed by atoms with Crippen LogP contribution in [-0.2, 0) is 0 Å². The molecule has 0 saturated carbocycles. The quantitative estimate of drug-likeness (QED) is 0.878. The van der Waals surface area contributed by atoms with Gasteiger partial charge in [0.15, 0.2) is 0 Å². The first-order chi connectivity index (χ1) is 9.27. The van der Waals surface area contributed by atoms with Crippen LogP contribution in [-0.4, -0.2) is 22.4 Å². The molecule has 2 aromatic rings. The highest BCUT2D eigenvalue weighted by atomic mass is 32.1.